The summed E-state index contributed by atoms with van der Waals surface area (Å²) in [5.74, 6) is 0. The van der Waals surface area contributed by atoms with Crippen molar-refractivity contribution in [3.63, 3.8) is 0 Å². The number of benzene rings is 11. The number of rotatable bonds is 7. The molecule has 3 heteroatoms. The smallest absolute Gasteiger partial charge is 0.0755 e. The molecule has 1 spiro atoms. The molecule has 11 aromatic carbocycles. The van der Waals surface area contributed by atoms with E-state index in [1.807, 2.05) is 0 Å². The van der Waals surface area contributed by atoms with E-state index in [9.17, 15) is 0 Å². The zero-order valence-electron chi connectivity index (χ0n) is 37.2. The van der Waals surface area contributed by atoms with Crippen LogP contribution in [0.5, 0.6) is 0 Å². The van der Waals surface area contributed by atoms with Crippen LogP contribution >= 0.6 is 0 Å². The number of aromatic nitrogens is 1. The molecular weight excluding hydrogens is 823 g/mol. The fourth-order valence-corrected chi connectivity index (χ4v) is 11.7. The second-order valence-electron chi connectivity index (χ2n) is 18.0. The van der Waals surface area contributed by atoms with Gasteiger partial charge in [0.25, 0.3) is 0 Å². The number of anilines is 6. The van der Waals surface area contributed by atoms with Crippen LogP contribution in [0.25, 0.3) is 60.5 Å². The van der Waals surface area contributed by atoms with Crippen LogP contribution in [0, 0.1) is 0 Å². The Balaban J connectivity index is 0.941. The number of fused-ring (bicyclic) bond motifs is 13. The highest BCUT2D eigenvalue weighted by Gasteiger charge is 2.51. The summed E-state index contributed by atoms with van der Waals surface area (Å²) < 4.78 is 2.52. The van der Waals surface area contributed by atoms with Crippen molar-refractivity contribution in [3.05, 3.63) is 283 Å². The minimum atomic E-state index is -0.556. The standard InChI is InChI=1S/C65H43N3/c1-3-19-47(20-4-1)66(48-21-5-2-6-22-48)49-37-33-44(34-38-49)45-35-39-50(40-36-45)67(61-32-15-18-46-17-7-8-23-52(46)61)51-41-42-54-53-24-9-11-27-57(53)65(60(54)43-51)58-28-12-14-31-63(58)68-62-30-13-10-25-55(62)56-26-16-29-59(65)64(56)68/h1-43H. The maximum absolute atomic E-state index is 2.52. The van der Waals surface area contributed by atoms with Crippen molar-refractivity contribution in [3.8, 4) is 27.9 Å². The highest BCUT2D eigenvalue weighted by Crippen LogP contribution is 2.62. The van der Waals surface area contributed by atoms with Gasteiger partial charge in [0.2, 0.25) is 0 Å². The third-order valence-corrected chi connectivity index (χ3v) is 14.6. The lowest BCUT2D eigenvalue weighted by Crippen LogP contribution is -2.33. The summed E-state index contributed by atoms with van der Waals surface area (Å²) in [5, 5.41) is 4.97. The topological polar surface area (TPSA) is 11.4 Å². The fraction of sp³-hybridized carbons (Fsp3) is 0.0154. The van der Waals surface area contributed by atoms with Crippen LogP contribution < -0.4 is 9.80 Å². The van der Waals surface area contributed by atoms with Gasteiger partial charge in [0.05, 0.1) is 27.8 Å². The monoisotopic (exact) mass is 865 g/mol. The van der Waals surface area contributed by atoms with Crippen molar-refractivity contribution in [2.24, 2.45) is 0 Å². The molecule has 12 aromatic rings. The maximum Gasteiger partial charge on any atom is 0.0755 e. The fourth-order valence-electron chi connectivity index (χ4n) is 11.7. The Kier molecular flexibility index (Phi) is 8.50. The van der Waals surface area contributed by atoms with Crippen LogP contribution in [-0.4, -0.2) is 4.57 Å². The van der Waals surface area contributed by atoms with Crippen LogP contribution in [0.3, 0.4) is 0 Å². The molecule has 0 fully saturated rings. The van der Waals surface area contributed by atoms with Crippen molar-refractivity contribution in [2.45, 2.75) is 5.41 Å². The second kappa shape index (κ2) is 15.1. The van der Waals surface area contributed by atoms with Crippen LogP contribution in [0.4, 0.5) is 34.1 Å². The average molecular weight is 866 g/mol. The molecule has 0 amide bonds. The summed E-state index contributed by atoms with van der Waals surface area (Å²) in [6.45, 7) is 0. The molecule has 1 aliphatic carbocycles. The maximum atomic E-state index is 2.52. The van der Waals surface area contributed by atoms with Crippen molar-refractivity contribution >= 4 is 66.7 Å². The number of hydrogen-bond acceptors (Lipinski definition) is 2. The summed E-state index contributed by atoms with van der Waals surface area (Å²) in [5.41, 5.74) is 20.0. The minimum Gasteiger partial charge on any atom is -0.311 e. The van der Waals surface area contributed by atoms with Crippen molar-refractivity contribution in [1.82, 2.24) is 4.57 Å². The van der Waals surface area contributed by atoms with E-state index in [-0.39, 0.29) is 0 Å². The molecule has 1 aromatic heterocycles. The average Bonchev–Trinajstić information content (AvgIpc) is 3.90. The van der Waals surface area contributed by atoms with E-state index >= 15 is 0 Å². The Hall–Kier alpha value is -8.92. The molecule has 2 heterocycles. The quantitative estimate of drug-likeness (QED) is 0.158. The van der Waals surface area contributed by atoms with Gasteiger partial charge >= 0.3 is 0 Å². The summed E-state index contributed by atoms with van der Waals surface area (Å²) >= 11 is 0. The first-order valence-electron chi connectivity index (χ1n) is 23.5. The first-order valence-corrected chi connectivity index (χ1v) is 23.5. The van der Waals surface area contributed by atoms with E-state index < -0.39 is 5.41 Å². The SMILES string of the molecule is c1ccc(N(c2ccccc2)c2ccc(-c3ccc(N(c4ccc5c(c4)C4(c6ccccc6-5)c5ccccc5-n5c6ccccc6c6cccc4c65)c4cccc5ccccc45)cc3)cc2)cc1. The number of nitrogens with zero attached hydrogens (tertiary/aromatic N) is 3. The summed E-state index contributed by atoms with van der Waals surface area (Å²) in [6, 6.07) is 96.0. The molecule has 68 heavy (non-hydrogen) atoms. The zero-order valence-corrected chi connectivity index (χ0v) is 37.2. The molecule has 1 aliphatic heterocycles. The van der Waals surface area contributed by atoms with E-state index in [0.29, 0.717) is 0 Å². The Morgan fingerprint density at radius 2 is 0.824 bits per heavy atom. The number of hydrogen-bond donors (Lipinski definition) is 0. The predicted molar refractivity (Wildman–Crippen MR) is 284 cm³/mol. The zero-order chi connectivity index (χ0) is 44.8. The van der Waals surface area contributed by atoms with Gasteiger partial charge in [-0.2, -0.15) is 0 Å². The summed E-state index contributed by atoms with van der Waals surface area (Å²) in [7, 11) is 0. The van der Waals surface area contributed by atoms with Crippen LogP contribution in [0.2, 0.25) is 0 Å². The molecular formula is C65H43N3. The molecule has 0 bridgehead atoms. The Bertz CT molecular complexity index is 3860. The molecule has 14 rings (SSSR count). The van der Waals surface area contributed by atoms with Gasteiger partial charge in [-0.15, -0.1) is 0 Å². The highest BCUT2D eigenvalue weighted by molar-refractivity contribution is 6.13. The second-order valence-corrected chi connectivity index (χ2v) is 18.0. The lowest BCUT2D eigenvalue weighted by atomic mass is 9.65. The third kappa shape index (κ3) is 5.54. The molecule has 0 radical (unpaired) electrons. The first-order chi connectivity index (χ1) is 33.8. The predicted octanol–water partition coefficient (Wildman–Crippen LogP) is 17.2. The van der Waals surface area contributed by atoms with Crippen molar-refractivity contribution in [1.29, 1.82) is 0 Å². The minimum absolute atomic E-state index is 0.556. The molecule has 1 unspecified atom stereocenters. The van der Waals surface area contributed by atoms with E-state index in [1.165, 1.54) is 71.6 Å². The lowest BCUT2D eigenvalue weighted by Gasteiger charge is -2.40. The molecule has 0 saturated carbocycles. The number of para-hydroxylation sites is 5. The van der Waals surface area contributed by atoms with Crippen molar-refractivity contribution < 1.29 is 0 Å². The molecule has 1 atom stereocenters. The highest BCUT2D eigenvalue weighted by atomic mass is 15.1. The Labute approximate surface area is 395 Å². The van der Waals surface area contributed by atoms with Crippen LogP contribution in [0.15, 0.2) is 261 Å². The summed E-state index contributed by atoms with van der Waals surface area (Å²) in [4.78, 5) is 4.77. The van der Waals surface area contributed by atoms with Crippen molar-refractivity contribution in [2.75, 3.05) is 9.80 Å². The molecule has 3 nitrogen and oxygen atoms in total. The Morgan fingerprint density at radius 1 is 0.309 bits per heavy atom. The van der Waals surface area contributed by atoms with E-state index in [4.69, 9.17) is 0 Å². The normalized spacial score (nSPS) is 14.2. The molecule has 318 valence electrons. The third-order valence-electron chi connectivity index (χ3n) is 14.6. The lowest BCUT2D eigenvalue weighted by molar-refractivity contribution is 0.748. The van der Waals surface area contributed by atoms with Gasteiger partial charge in [-0.3, -0.25) is 0 Å². The van der Waals surface area contributed by atoms with Gasteiger partial charge in [0, 0.05) is 44.6 Å². The molecule has 0 saturated heterocycles. The van der Waals surface area contributed by atoms with E-state index in [2.05, 4.69) is 275 Å². The largest absolute Gasteiger partial charge is 0.311 e. The van der Waals surface area contributed by atoms with Crippen LogP contribution in [0.1, 0.15) is 22.3 Å². The van der Waals surface area contributed by atoms with Gasteiger partial charge in [0.1, 0.15) is 0 Å². The van der Waals surface area contributed by atoms with Gasteiger partial charge in [-0.05, 0) is 129 Å². The molecule has 2 aliphatic rings. The van der Waals surface area contributed by atoms with E-state index in [0.717, 1.165) is 45.3 Å². The summed E-state index contributed by atoms with van der Waals surface area (Å²) in [6.07, 6.45) is 0. The van der Waals surface area contributed by atoms with Gasteiger partial charge in [-0.1, -0.05) is 182 Å². The van der Waals surface area contributed by atoms with Gasteiger partial charge < -0.3 is 14.4 Å². The van der Waals surface area contributed by atoms with E-state index in [1.54, 1.807) is 0 Å². The van der Waals surface area contributed by atoms with Gasteiger partial charge in [-0.25, -0.2) is 0 Å². The molecule has 0 N–H and O–H groups in total. The first kappa shape index (κ1) is 38.4. The Morgan fingerprint density at radius 3 is 1.57 bits per heavy atom. The van der Waals surface area contributed by atoms with Gasteiger partial charge in [0.15, 0.2) is 0 Å². The van der Waals surface area contributed by atoms with Crippen LogP contribution in [-0.2, 0) is 5.41 Å².